The predicted octanol–water partition coefficient (Wildman–Crippen LogP) is 2.91. The zero-order valence-corrected chi connectivity index (χ0v) is 14.2. The topological polar surface area (TPSA) is 61.0 Å². The molecule has 0 bridgehead atoms. The molecule has 2 N–H and O–H groups in total. The van der Waals surface area contributed by atoms with Crippen molar-refractivity contribution in [2.45, 2.75) is 32.4 Å². The summed E-state index contributed by atoms with van der Waals surface area (Å²) in [6.45, 7) is 4.13. The van der Waals surface area contributed by atoms with Gasteiger partial charge < -0.3 is 10.3 Å². The first-order chi connectivity index (χ1) is 11.5. The second kappa shape index (κ2) is 7.32. The van der Waals surface area contributed by atoms with Gasteiger partial charge in [-0.2, -0.15) is 0 Å². The second-order valence-electron chi connectivity index (χ2n) is 6.17. The molecule has 7 heteroatoms. The molecular weight excluding hydrogens is 331 g/mol. The van der Waals surface area contributed by atoms with Gasteiger partial charge >= 0.3 is 0 Å². The Bertz CT molecular complexity index is 733. The van der Waals surface area contributed by atoms with Crippen molar-refractivity contribution in [3.63, 3.8) is 0 Å². The molecule has 1 unspecified atom stereocenters. The lowest BCUT2D eigenvalue weighted by atomic mass is 10.0. The number of aromatic amines is 1. The first-order valence-electron chi connectivity index (χ1n) is 8.00. The Balaban J connectivity index is 1.59. The highest BCUT2D eigenvalue weighted by molar-refractivity contribution is 6.31. The minimum atomic E-state index is -0.331. The fourth-order valence-electron chi connectivity index (χ4n) is 3.01. The van der Waals surface area contributed by atoms with E-state index in [0.717, 1.165) is 37.3 Å². The van der Waals surface area contributed by atoms with E-state index < -0.39 is 0 Å². The third kappa shape index (κ3) is 4.13. The minimum Gasteiger partial charge on any atom is -0.347 e. The number of H-pyrrole nitrogens is 1. The summed E-state index contributed by atoms with van der Waals surface area (Å²) in [7, 11) is 0. The number of nitrogens with zero attached hydrogens (tertiary/aromatic N) is 2. The van der Waals surface area contributed by atoms with E-state index in [-0.39, 0.29) is 17.8 Å². The largest absolute Gasteiger partial charge is 0.347 e. The summed E-state index contributed by atoms with van der Waals surface area (Å²) in [6.07, 6.45) is 3.47. The van der Waals surface area contributed by atoms with Crippen LogP contribution in [0.5, 0.6) is 0 Å². The lowest BCUT2D eigenvalue weighted by Crippen LogP contribution is -2.47. The van der Waals surface area contributed by atoms with Crippen molar-refractivity contribution in [3.8, 4) is 0 Å². The third-order valence-electron chi connectivity index (χ3n) is 4.20. The van der Waals surface area contributed by atoms with Gasteiger partial charge in [0.2, 0.25) is 0 Å². The molecule has 1 aromatic carbocycles. The number of hydrogen-bond acceptors (Lipinski definition) is 3. The number of aryl methyl sites for hydroxylation is 1. The van der Waals surface area contributed by atoms with Crippen molar-refractivity contribution < 1.29 is 9.18 Å². The maximum atomic E-state index is 13.1. The van der Waals surface area contributed by atoms with E-state index >= 15 is 0 Å². The van der Waals surface area contributed by atoms with Crippen LogP contribution in [0.15, 0.2) is 24.4 Å². The molecule has 24 heavy (non-hydrogen) atoms. The molecule has 2 aromatic rings. The van der Waals surface area contributed by atoms with Crippen LogP contribution in [0.3, 0.4) is 0 Å². The van der Waals surface area contributed by atoms with Gasteiger partial charge in [-0.15, -0.1) is 0 Å². The molecule has 1 aliphatic heterocycles. The molecule has 1 aromatic heterocycles. The highest BCUT2D eigenvalue weighted by atomic mass is 35.5. The molecule has 1 atom stereocenters. The quantitative estimate of drug-likeness (QED) is 0.891. The molecule has 1 amide bonds. The van der Waals surface area contributed by atoms with Gasteiger partial charge in [0.25, 0.3) is 5.91 Å². The van der Waals surface area contributed by atoms with Crippen LogP contribution in [0, 0.1) is 12.7 Å². The van der Waals surface area contributed by atoms with Crippen molar-refractivity contribution in [2.24, 2.45) is 0 Å². The van der Waals surface area contributed by atoms with Gasteiger partial charge in [-0.25, -0.2) is 9.37 Å². The number of nitrogens with one attached hydrogen (secondary N) is 2. The molecule has 1 fully saturated rings. The number of imidazole rings is 1. The SMILES string of the molecule is Cc1ncc(C(=O)NC2CCCN(Cc3ccc(F)cc3Cl)C2)[nH]1. The molecule has 0 saturated carbocycles. The van der Waals surface area contributed by atoms with E-state index in [1.807, 2.05) is 6.92 Å². The van der Waals surface area contributed by atoms with Gasteiger partial charge in [-0.1, -0.05) is 17.7 Å². The Morgan fingerprint density at radius 2 is 2.38 bits per heavy atom. The van der Waals surface area contributed by atoms with Crippen LogP contribution in [0.2, 0.25) is 5.02 Å². The van der Waals surface area contributed by atoms with Crippen LogP contribution in [0.25, 0.3) is 0 Å². The molecular formula is C17H20ClFN4O. The van der Waals surface area contributed by atoms with E-state index in [2.05, 4.69) is 20.2 Å². The number of likely N-dealkylation sites (tertiary alicyclic amines) is 1. The van der Waals surface area contributed by atoms with Gasteiger partial charge in [0.05, 0.1) is 6.20 Å². The summed E-state index contributed by atoms with van der Waals surface area (Å²) in [4.78, 5) is 21.4. The zero-order chi connectivity index (χ0) is 17.1. The van der Waals surface area contributed by atoms with Crippen LogP contribution in [0.4, 0.5) is 4.39 Å². The minimum absolute atomic E-state index is 0.0779. The molecule has 1 aliphatic rings. The van der Waals surface area contributed by atoms with E-state index in [9.17, 15) is 9.18 Å². The van der Waals surface area contributed by atoms with Crippen LogP contribution in [0.1, 0.15) is 34.7 Å². The third-order valence-corrected chi connectivity index (χ3v) is 4.55. The molecule has 5 nitrogen and oxygen atoms in total. The number of carbonyl (C=O) groups excluding carboxylic acids is 1. The Kier molecular flexibility index (Phi) is 5.16. The Labute approximate surface area is 145 Å². The van der Waals surface area contributed by atoms with Gasteiger partial charge in [-0.3, -0.25) is 9.69 Å². The summed E-state index contributed by atoms with van der Waals surface area (Å²) in [6, 6.07) is 4.55. The fraction of sp³-hybridized carbons (Fsp3) is 0.412. The summed E-state index contributed by atoms with van der Waals surface area (Å²) >= 11 is 6.10. The number of hydrogen-bond donors (Lipinski definition) is 2. The highest BCUT2D eigenvalue weighted by Gasteiger charge is 2.23. The van der Waals surface area contributed by atoms with Crippen molar-refractivity contribution in [1.82, 2.24) is 20.2 Å². The molecule has 0 aliphatic carbocycles. The first kappa shape index (κ1) is 16.9. The van der Waals surface area contributed by atoms with Crippen molar-refractivity contribution >= 4 is 17.5 Å². The van der Waals surface area contributed by atoms with Gasteiger partial charge in [0.1, 0.15) is 17.3 Å². The number of rotatable bonds is 4. The Morgan fingerprint density at radius 3 is 3.08 bits per heavy atom. The number of aromatic nitrogens is 2. The van der Waals surface area contributed by atoms with Crippen LogP contribution >= 0.6 is 11.6 Å². The second-order valence-corrected chi connectivity index (χ2v) is 6.57. The Hall–Kier alpha value is -1.92. The lowest BCUT2D eigenvalue weighted by molar-refractivity contribution is 0.0896. The maximum absolute atomic E-state index is 13.1. The normalized spacial score (nSPS) is 18.5. The standard InChI is InChI=1S/C17H20ClFN4O/c1-11-20-8-16(21-11)17(24)22-14-3-2-6-23(10-14)9-12-4-5-13(19)7-15(12)18/h4-5,7-8,14H,2-3,6,9-10H2,1H3,(H,20,21)(H,22,24). The number of amides is 1. The van der Waals surface area contributed by atoms with Gasteiger partial charge in [0, 0.05) is 24.2 Å². The van der Waals surface area contributed by atoms with Gasteiger partial charge in [0.15, 0.2) is 0 Å². The molecule has 2 heterocycles. The summed E-state index contributed by atoms with van der Waals surface area (Å²) < 4.78 is 13.1. The number of benzene rings is 1. The summed E-state index contributed by atoms with van der Waals surface area (Å²) in [5, 5.41) is 3.48. The molecule has 1 saturated heterocycles. The summed E-state index contributed by atoms with van der Waals surface area (Å²) in [5.41, 5.74) is 1.38. The number of carbonyl (C=O) groups is 1. The van der Waals surface area contributed by atoms with E-state index in [4.69, 9.17) is 11.6 Å². The van der Waals surface area contributed by atoms with Crippen molar-refractivity contribution in [2.75, 3.05) is 13.1 Å². The smallest absolute Gasteiger partial charge is 0.269 e. The average molecular weight is 351 g/mol. The number of halogens is 2. The van der Waals surface area contributed by atoms with E-state index in [0.29, 0.717) is 17.3 Å². The molecule has 0 radical (unpaired) electrons. The first-order valence-corrected chi connectivity index (χ1v) is 8.38. The fourth-order valence-corrected chi connectivity index (χ4v) is 3.23. The van der Waals surface area contributed by atoms with Crippen LogP contribution in [-0.4, -0.2) is 39.9 Å². The maximum Gasteiger partial charge on any atom is 0.269 e. The van der Waals surface area contributed by atoms with Gasteiger partial charge in [-0.05, 0) is 44.0 Å². The van der Waals surface area contributed by atoms with Crippen LogP contribution < -0.4 is 5.32 Å². The molecule has 128 valence electrons. The molecule has 3 rings (SSSR count). The van der Waals surface area contributed by atoms with Crippen molar-refractivity contribution in [3.05, 3.63) is 52.3 Å². The Morgan fingerprint density at radius 1 is 1.54 bits per heavy atom. The zero-order valence-electron chi connectivity index (χ0n) is 13.5. The lowest BCUT2D eigenvalue weighted by Gasteiger charge is -2.33. The van der Waals surface area contributed by atoms with E-state index in [1.165, 1.54) is 12.1 Å². The average Bonchev–Trinajstić information content (AvgIpc) is 2.97. The number of piperidine rings is 1. The monoisotopic (exact) mass is 350 g/mol. The summed E-state index contributed by atoms with van der Waals surface area (Å²) in [5.74, 6) is 0.251. The highest BCUT2D eigenvalue weighted by Crippen LogP contribution is 2.21. The van der Waals surface area contributed by atoms with E-state index in [1.54, 1.807) is 12.3 Å². The van der Waals surface area contributed by atoms with Crippen molar-refractivity contribution in [1.29, 1.82) is 0 Å². The predicted molar refractivity (Wildman–Crippen MR) is 90.5 cm³/mol. The van der Waals surface area contributed by atoms with Crippen LogP contribution in [-0.2, 0) is 6.54 Å². The molecule has 0 spiro atoms.